The second-order valence-electron chi connectivity index (χ2n) is 5.30. The highest BCUT2D eigenvalue weighted by molar-refractivity contribution is 7.09. The Kier molecular flexibility index (Phi) is 4.14. The second-order valence-corrected chi connectivity index (χ2v) is 6.18. The van der Waals surface area contributed by atoms with Gasteiger partial charge in [-0.25, -0.2) is 4.98 Å². The molecule has 2 atom stereocenters. The Labute approximate surface area is 128 Å². The van der Waals surface area contributed by atoms with Crippen molar-refractivity contribution >= 4 is 17.1 Å². The number of benzene rings is 1. The van der Waals surface area contributed by atoms with Gasteiger partial charge >= 0.3 is 0 Å². The number of ketones is 1. The zero-order valence-electron chi connectivity index (χ0n) is 11.9. The molecular formula is C16H18N2O2S. The van der Waals surface area contributed by atoms with Gasteiger partial charge in [0.1, 0.15) is 10.7 Å². The zero-order chi connectivity index (χ0) is 14.8. The molecule has 5 heteroatoms. The van der Waals surface area contributed by atoms with Crippen molar-refractivity contribution < 1.29 is 9.53 Å². The van der Waals surface area contributed by atoms with Crippen LogP contribution in [-0.2, 0) is 11.2 Å². The van der Waals surface area contributed by atoms with Crippen LogP contribution in [0.25, 0.3) is 0 Å². The lowest BCUT2D eigenvalue weighted by molar-refractivity contribution is 0.0350. The summed E-state index contributed by atoms with van der Waals surface area (Å²) < 4.78 is 5.78. The maximum Gasteiger partial charge on any atom is 0.184 e. The second kappa shape index (κ2) is 6.05. The van der Waals surface area contributed by atoms with Gasteiger partial charge in [-0.3, -0.25) is 4.79 Å². The van der Waals surface area contributed by atoms with Gasteiger partial charge in [0.2, 0.25) is 0 Å². The molecule has 1 aromatic carbocycles. The van der Waals surface area contributed by atoms with E-state index in [0.29, 0.717) is 18.7 Å². The first kappa shape index (κ1) is 14.4. The molecule has 0 radical (unpaired) electrons. The molecule has 0 saturated heterocycles. The van der Waals surface area contributed by atoms with E-state index in [1.54, 1.807) is 5.38 Å². The van der Waals surface area contributed by atoms with Crippen molar-refractivity contribution in [3.63, 3.8) is 0 Å². The summed E-state index contributed by atoms with van der Waals surface area (Å²) in [7, 11) is 0. The lowest BCUT2D eigenvalue weighted by atomic mass is 9.94. The molecule has 0 bridgehead atoms. The zero-order valence-corrected chi connectivity index (χ0v) is 12.7. The third-order valence-corrected chi connectivity index (χ3v) is 4.71. The van der Waals surface area contributed by atoms with Crippen LogP contribution in [0.4, 0.5) is 0 Å². The number of carbonyl (C=O) groups is 1. The number of fused-ring (bicyclic) bond motifs is 1. The molecule has 2 unspecified atom stereocenters. The van der Waals surface area contributed by atoms with E-state index in [1.165, 1.54) is 16.9 Å². The monoisotopic (exact) mass is 302 g/mol. The highest BCUT2D eigenvalue weighted by atomic mass is 32.1. The van der Waals surface area contributed by atoms with Crippen molar-refractivity contribution in [2.24, 2.45) is 5.73 Å². The van der Waals surface area contributed by atoms with Crippen LogP contribution in [0.3, 0.4) is 0 Å². The summed E-state index contributed by atoms with van der Waals surface area (Å²) in [6.45, 7) is 2.53. The van der Waals surface area contributed by atoms with Gasteiger partial charge in [-0.05, 0) is 24.5 Å². The first-order valence-corrected chi connectivity index (χ1v) is 7.96. The molecule has 0 fully saturated rings. The molecule has 0 amide bonds. The number of nitrogens with zero attached hydrogens (tertiary/aromatic N) is 1. The number of ether oxygens (including phenoxy) is 1. The van der Waals surface area contributed by atoms with Crippen LogP contribution in [-0.4, -0.2) is 17.4 Å². The summed E-state index contributed by atoms with van der Waals surface area (Å²) in [6, 6.07) is 8.02. The van der Waals surface area contributed by atoms with E-state index < -0.39 is 0 Å². The number of hydrogen-bond donors (Lipinski definition) is 1. The molecule has 1 aromatic heterocycles. The van der Waals surface area contributed by atoms with Gasteiger partial charge in [-0.2, -0.15) is 0 Å². The Bertz CT molecular complexity index is 651. The van der Waals surface area contributed by atoms with Crippen LogP contribution in [0.2, 0.25) is 0 Å². The minimum absolute atomic E-state index is 0.0138. The number of rotatable bonds is 4. The fraction of sp³-hybridized carbons (Fsp3) is 0.375. The van der Waals surface area contributed by atoms with E-state index in [1.807, 2.05) is 25.1 Å². The predicted molar refractivity (Wildman–Crippen MR) is 82.5 cm³/mol. The van der Waals surface area contributed by atoms with Gasteiger partial charge in [0.25, 0.3) is 0 Å². The highest BCUT2D eigenvalue weighted by Crippen LogP contribution is 2.30. The van der Waals surface area contributed by atoms with E-state index in [4.69, 9.17) is 10.5 Å². The third kappa shape index (κ3) is 3.05. The van der Waals surface area contributed by atoms with Crippen molar-refractivity contribution in [1.82, 2.24) is 4.98 Å². The fourth-order valence-corrected chi connectivity index (χ4v) is 3.33. The quantitative estimate of drug-likeness (QED) is 0.882. The van der Waals surface area contributed by atoms with Gasteiger partial charge in [0.05, 0.1) is 18.8 Å². The lowest BCUT2D eigenvalue weighted by Gasteiger charge is -2.25. The van der Waals surface area contributed by atoms with Crippen LogP contribution in [0.5, 0.6) is 0 Å². The summed E-state index contributed by atoms with van der Waals surface area (Å²) in [6.07, 6.45) is 1.08. The van der Waals surface area contributed by atoms with Crippen LogP contribution in [0, 0.1) is 0 Å². The molecule has 4 nitrogen and oxygen atoms in total. The van der Waals surface area contributed by atoms with E-state index in [-0.39, 0.29) is 17.9 Å². The molecular weight excluding hydrogens is 284 g/mol. The summed E-state index contributed by atoms with van der Waals surface area (Å²) >= 11 is 1.44. The van der Waals surface area contributed by atoms with Crippen LogP contribution < -0.4 is 5.73 Å². The summed E-state index contributed by atoms with van der Waals surface area (Å²) in [5, 5.41) is 2.58. The molecule has 2 aromatic rings. The number of hydrogen-bond acceptors (Lipinski definition) is 5. The Morgan fingerprint density at radius 1 is 1.52 bits per heavy atom. The van der Waals surface area contributed by atoms with E-state index in [9.17, 15) is 4.79 Å². The third-order valence-electron chi connectivity index (χ3n) is 3.66. The van der Waals surface area contributed by atoms with Crippen LogP contribution >= 0.6 is 11.3 Å². The number of aromatic nitrogens is 1. The number of carbonyl (C=O) groups excluding carboxylic acids is 1. The molecule has 2 N–H and O–H groups in total. The smallest absolute Gasteiger partial charge is 0.184 e. The Morgan fingerprint density at radius 2 is 2.33 bits per heavy atom. The minimum atomic E-state index is -0.164. The SMILES string of the molecule is CC(N)c1nc(C(=O)CC2OCCc3ccccc32)cs1. The van der Waals surface area contributed by atoms with Crippen molar-refractivity contribution in [3.05, 3.63) is 51.5 Å². The summed E-state index contributed by atoms with van der Waals surface area (Å²) in [5.74, 6) is 0.0138. The van der Waals surface area contributed by atoms with Gasteiger partial charge in [-0.1, -0.05) is 24.3 Å². The topological polar surface area (TPSA) is 65.2 Å². The largest absolute Gasteiger partial charge is 0.373 e. The molecule has 1 aliphatic rings. The number of nitrogens with two attached hydrogens (primary N) is 1. The molecule has 0 aliphatic carbocycles. The predicted octanol–water partition coefficient (Wildman–Crippen LogP) is 3.05. The van der Waals surface area contributed by atoms with Gasteiger partial charge in [-0.15, -0.1) is 11.3 Å². The molecule has 21 heavy (non-hydrogen) atoms. The number of Topliss-reactive ketones (excluding diaryl/α,β-unsaturated/α-hetero) is 1. The molecule has 110 valence electrons. The summed E-state index contributed by atoms with van der Waals surface area (Å²) in [4.78, 5) is 16.7. The van der Waals surface area contributed by atoms with E-state index in [0.717, 1.165) is 17.0 Å². The lowest BCUT2D eigenvalue weighted by Crippen LogP contribution is -2.19. The Balaban J connectivity index is 1.76. The van der Waals surface area contributed by atoms with Crippen molar-refractivity contribution in [3.8, 4) is 0 Å². The average Bonchev–Trinajstić information content (AvgIpc) is 2.98. The van der Waals surface area contributed by atoms with Gasteiger partial charge in [0, 0.05) is 11.8 Å². The van der Waals surface area contributed by atoms with Crippen molar-refractivity contribution in [2.45, 2.75) is 31.9 Å². The van der Waals surface area contributed by atoms with Gasteiger partial charge in [0.15, 0.2) is 5.78 Å². The standard InChI is InChI=1S/C16H18N2O2S/c1-10(17)16-18-13(9-21-16)14(19)8-15-12-5-3-2-4-11(12)6-7-20-15/h2-5,9-10,15H,6-8,17H2,1H3. The first-order chi connectivity index (χ1) is 10.1. The van der Waals surface area contributed by atoms with E-state index in [2.05, 4.69) is 11.1 Å². The molecule has 0 saturated carbocycles. The minimum Gasteiger partial charge on any atom is -0.373 e. The fourth-order valence-electron chi connectivity index (χ4n) is 2.54. The molecule has 3 rings (SSSR count). The van der Waals surface area contributed by atoms with Crippen molar-refractivity contribution in [2.75, 3.05) is 6.61 Å². The molecule has 0 spiro atoms. The Hall–Kier alpha value is -1.56. The van der Waals surface area contributed by atoms with Gasteiger partial charge < -0.3 is 10.5 Å². The maximum absolute atomic E-state index is 12.4. The van der Waals surface area contributed by atoms with Crippen molar-refractivity contribution in [1.29, 1.82) is 0 Å². The Morgan fingerprint density at radius 3 is 3.10 bits per heavy atom. The highest BCUT2D eigenvalue weighted by Gasteiger charge is 2.24. The van der Waals surface area contributed by atoms with Crippen LogP contribution in [0.1, 0.15) is 52.1 Å². The molecule has 2 heterocycles. The summed E-state index contributed by atoms with van der Waals surface area (Å²) in [5.41, 5.74) is 8.68. The average molecular weight is 302 g/mol. The van der Waals surface area contributed by atoms with E-state index >= 15 is 0 Å². The normalized spacial score (nSPS) is 19.0. The maximum atomic E-state index is 12.4. The number of thiazole rings is 1. The molecule has 1 aliphatic heterocycles. The first-order valence-electron chi connectivity index (χ1n) is 7.08. The van der Waals surface area contributed by atoms with Crippen LogP contribution in [0.15, 0.2) is 29.6 Å².